The summed E-state index contributed by atoms with van der Waals surface area (Å²) in [5.74, 6) is -1.06. The van der Waals surface area contributed by atoms with Gasteiger partial charge in [0.05, 0.1) is 9.88 Å². The van der Waals surface area contributed by atoms with Crippen molar-refractivity contribution in [2.24, 2.45) is 0 Å². The molecule has 0 aromatic carbocycles. The van der Waals surface area contributed by atoms with Crippen LogP contribution in [0.3, 0.4) is 0 Å². The van der Waals surface area contributed by atoms with Gasteiger partial charge in [-0.1, -0.05) is 11.6 Å². The molecule has 0 saturated heterocycles. The van der Waals surface area contributed by atoms with E-state index in [4.69, 9.17) is 16.7 Å². The zero-order valence-electron chi connectivity index (χ0n) is 8.27. The van der Waals surface area contributed by atoms with E-state index in [1.807, 2.05) is 0 Å². The van der Waals surface area contributed by atoms with E-state index in [9.17, 15) is 4.79 Å². The first-order valence-corrected chi connectivity index (χ1v) is 5.60. The Labute approximate surface area is 101 Å². The summed E-state index contributed by atoms with van der Waals surface area (Å²) in [5.41, 5.74) is 0.629. The number of pyridine rings is 1. The molecule has 0 bridgehead atoms. The summed E-state index contributed by atoms with van der Waals surface area (Å²) < 4.78 is 0. The SMILES string of the molecule is Cc1nc(C(=O)O)c(-c2cccnc2Cl)s1. The largest absolute Gasteiger partial charge is 0.476 e. The normalized spacial score (nSPS) is 10.4. The van der Waals surface area contributed by atoms with Crippen LogP contribution in [0.1, 0.15) is 15.5 Å². The van der Waals surface area contributed by atoms with E-state index in [1.54, 1.807) is 25.3 Å². The fourth-order valence-electron chi connectivity index (χ4n) is 1.31. The predicted molar refractivity (Wildman–Crippen MR) is 62.1 cm³/mol. The Balaban J connectivity index is 2.64. The van der Waals surface area contributed by atoms with Gasteiger partial charge in [0.1, 0.15) is 5.15 Å². The third-order valence-electron chi connectivity index (χ3n) is 1.94. The highest BCUT2D eigenvalue weighted by Crippen LogP contribution is 2.33. The van der Waals surface area contributed by atoms with Gasteiger partial charge in [-0.3, -0.25) is 0 Å². The number of aromatic carboxylic acids is 1. The third kappa shape index (κ3) is 1.91. The summed E-state index contributed by atoms with van der Waals surface area (Å²) >= 11 is 7.21. The highest BCUT2D eigenvalue weighted by molar-refractivity contribution is 7.15. The Bertz CT molecular complexity index is 554. The number of nitrogens with zero attached hydrogens (tertiary/aromatic N) is 2. The van der Waals surface area contributed by atoms with Crippen molar-refractivity contribution in [1.82, 2.24) is 9.97 Å². The lowest BCUT2D eigenvalue weighted by Gasteiger charge is -2.00. The van der Waals surface area contributed by atoms with E-state index in [-0.39, 0.29) is 10.8 Å². The molecule has 2 aromatic heterocycles. The minimum Gasteiger partial charge on any atom is -0.476 e. The summed E-state index contributed by atoms with van der Waals surface area (Å²) in [5, 5.41) is 9.98. The Morgan fingerprint density at radius 3 is 2.94 bits per heavy atom. The molecule has 0 unspecified atom stereocenters. The summed E-state index contributed by atoms with van der Waals surface area (Å²) in [6, 6.07) is 3.44. The van der Waals surface area contributed by atoms with Crippen LogP contribution in [0, 0.1) is 6.92 Å². The number of halogens is 1. The zero-order valence-corrected chi connectivity index (χ0v) is 9.84. The number of hydrogen-bond acceptors (Lipinski definition) is 4. The van der Waals surface area contributed by atoms with E-state index >= 15 is 0 Å². The summed E-state index contributed by atoms with van der Waals surface area (Å²) in [6.07, 6.45) is 1.56. The summed E-state index contributed by atoms with van der Waals surface area (Å²) in [7, 11) is 0. The number of aryl methyl sites for hydroxylation is 1. The summed E-state index contributed by atoms with van der Waals surface area (Å²) in [6.45, 7) is 1.75. The van der Waals surface area contributed by atoms with E-state index in [0.29, 0.717) is 15.4 Å². The van der Waals surface area contributed by atoms with Crippen LogP contribution in [-0.4, -0.2) is 21.0 Å². The van der Waals surface area contributed by atoms with Crippen LogP contribution in [0.5, 0.6) is 0 Å². The van der Waals surface area contributed by atoms with Gasteiger partial charge in [-0.25, -0.2) is 14.8 Å². The molecule has 0 aliphatic heterocycles. The Morgan fingerprint density at radius 1 is 1.56 bits per heavy atom. The smallest absolute Gasteiger partial charge is 0.356 e. The number of rotatable bonds is 2. The Morgan fingerprint density at radius 2 is 2.31 bits per heavy atom. The molecule has 0 fully saturated rings. The number of thiazole rings is 1. The molecule has 0 radical (unpaired) electrons. The van der Waals surface area contributed by atoms with E-state index in [1.165, 1.54) is 11.3 Å². The fraction of sp³-hybridized carbons (Fsp3) is 0.100. The molecular formula is C10H7ClN2O2S. The van der Waals surface area contributed by atoms with Gasteiger partial charge in [-0.05, 0) is 19.1 Å². The van der Waals surface area contributed by atoms with E-state index in [2.05, 4.69) is 9.97 Å². The lowest BCUT2D eigenvalue weighted by Crippen LogP contribution is -1.99. The lowest BCUT2D eigenvalue weighted by atomic mass is 10.2. The van der Waals surface area contributed by atoms with Crippen LogP contribution in [-0.2, 0) is 0 Å². The molecular weight excluding hydrogens is 248 g/mol. The quantitative estimate of drug-likeness (QED) is 0.837. The van der Waals surface area contributed by atoms with Gasteiger partial charge in [0.15, 0.2) is 5.69 Å². The molecule has 16 heavy (non-hydrogen) atoms. The molecule has 0 saturated carbocycles. The van der Waals surface area contributed by atoms with Crippen LogP contribution in [0.15, 0.2) is 18.3 Å². The van der Waals surface area contributed by atoms with Gasteiger partial charge in [0, 0.05) is 11.8 Å². The third-order valence-corrected chi connectivity index (χ3v) is 3.25. The molecule has 2 heterocycles. The van der Waals surface area contributed by atoms with E-state index in [0.717, 1.165) is 0 Å². The van der Waals surface area contributed by atoms with Gasteiger partial charge in [-0.15, -0.1) is 11.3 Å². The van der Waals surface area contributed by atoms with Crippen molar-refractivity contribution in [3.63, 3.8) is 0 Å². The number of aromatic nitrogens is 2. The zero-order chi connectivity index (χ0) is 11.7. The molecule has 0 atom stereocenters. The van der Waals surface area contributed by atoms with Crippen molar-refractivity contribution >= 4 is 28.9 Å². The second-order valence-electron chi connectivity index (χ2n) is 3.06. The van der Waals surface area contributed by atoms with Crippen LogP contribution in [0.4, 0.5) is 0 Å². The standard InChI is InChI=1S/C10H7ClN2O2S/c1-5-13-7(10(14)15)8(16-5)6-3-2-4-12-9(6)11/h2-4H,1H3,(H,14,15). The van der Waals surface area contributed by atoms with Crippen molar-refractivity contribution in [3.05, 3.63) is 34.2 Å². The molecule has 6 heteroatoms. The van der Waals surface area contributed by atoms with Gasteiger partial charge in [0.25, 0.3) is 0 Å². The molecule has 0 aliphatic carbocycles. The van der Waals surface area contributed by atoms with E-state index < -0.39 is 5.97 Å². The van der Waals surface area contributed by atoms with Crippen LogP contribution in [0.2, 0.25) is 5.15 Å². The second-order valence-corrected chi connectivity index (χ2v) is 4.62. The van der Waals surface area contributed by atoms with Crippen molar-refractivity contribution in [2.75, 3.05) is 0 Å². The average Bonchev–Trinajstić information content (AvgIpc) is 2.61. The van der Waals surface area contributed by atoms with Gasteiger partial charge < -0.3 is 5.11 Å². The first-order chi connectivity index (χ1) is 7.59. The van der Waals surface area contributed by atoms with Crippen molar-refractivity contribution in [3.8, 4) is 10.4 Å². The maximum absolute atomic E-state index is 11.0. The lowest BCUT2D eigenvalue weighted by molar-refractivity contribution is 0.0692. The number of hydrogen-bond donors (Lipinski definition) is 1. The molecule has 0 aliphatic rings. The molecule has 4 nitrogen and oxygen atoms in total. The molecule has 0 spiro atoms. The molecule has 2 aromatic rings. The minimum atomic E-state index is -1.06. The topological polar surface area (TPSA) is 63.1 Å². The number of carboxylic acids is 1. The van der Waals surface area contributed by atoms with Gasteiger partial charge in [0.2, 0.25) is 0 Å². The van der Waals surface area contributed by atoms with Crippen LogP contribution >= 0.6 is 22.9 Å². The highest BCUT2D eigenvalue weighted by atomic mass is 35.5. The van der Waals surface area contributed by atoms with Crippen molar-refractivity contribution in [2.45, 2.75) is 6.92 Å². The van der Waals surface area contributed by atoms with Gasteiger partial charge in [-0.2, -0.15) is 0 Å². The first kappa shape index (κ1) is 11.0. The minimum absolute atomic E-state index is 0.0254. The monoisotopic (exact) mass is 254 g/mol. The highest BCUT2D eigenvalue weighted by Gasteiger charge is 2.19. The second kappa shape index (κ2) is 4.19. The average molecular weight is 255 g/mol. The Hall–Kier alpha value is -1.46. The molecule has 1 N–H and O–H groups in total. The fourth-order valence-corrected chi connectivity index (χ4v) is 2.52. The molecule has 2 rings (SSSR count). The maximum atomic E-state index is 11.0. The predicted octanol–water partition coefficient (Wildman–Crippen LogP) is 2.87. The van der Waals surface area contributed by atoms with Gasteiger partial charge >= 0.3 is 5.97 Å². The Kier molecular flexibility index (Phi) is 2.89. The maximum Gasteiger partial charge on any atom is 0.356 e. The summed E-state index contributed by atoms with van der Waals surface area (Å²) in [4.78, 5) is 19.4. The number of carboxylic acid groups (broad SMARTS) is 1. The van der Waals surface area contributed by atoms with Crippen LogP contribution in [0.25, 0.3) is 10.4 Å². The number of carbonyl (C=O) groups is 1. The van der Waals surface area contributed by atoms with Crippen molar-refractivity contribution < 1.29 is 9.90 Å². The van der Waals surface area contributed by atoms with Crippen molar-refractivity contribution in [1.29, 1.82) is 0 Å². The first-order valence-electron chi connectivity index (χ1n) is 4.41. The van der Waals surface area contributed by atoms with Crippen LogP contribution < -0.4 is 0 Å². The molecule has 82 valence electrons. The molecule has 0 amide bonds.